The average molecular weight is 206 g/mol. The summed E-state index contributed by atoms with van der Waals surface area (Å²) in [5.41, 5.74) is 0. The van der Waals surface area contributed by atoms with Crippen LogP contribution in [0.15, 0.2) is 0 Å². The second kappa shape index (κ2) is 4.46. The number of rotatable bonds is 2. The van der Waals surface area contributed by atoms with Crippen LogP contribution >= 0.6 is 11.6 Å². The fraction of sp³-hybridized carbons (Fsp3) is 0.750. The van der Waals surface area contributed by atoms with Gasteiger partial charge in [-0.2, -0.15) is 0 Å². The van der Waals surface area contributed by atoms with E-state index in [4.69, 9.17) is 16.3 Å². The fourth-order valence-electron chi connectivity index (χ4n) is 1.33. The molecule has 74 valence electrons. The Morgan fingerprint density at radius 3 is 2.77 bits per heavy atom. The first-order valence-corrected chi connectivity index (χ1v) is 4.64. The number of hydrogen-bond acceptors (Lipinski definition) is 3. The average Bonchev–Trinajstić information content (AvgIpc) is 2.52. The zero-order valence-corrected chi connectivity index (χ0v) is 8.21. The van der Waals surface area contributed by atoms with Gasteiger partial charge >= 0.3 is 6.09 Å². The topological polar surface area (TPSA) is 46.6 Å². The van der Waals surface area contributed by atoms with Gasteiger partial charge < -0.3 is 9.64 Å². The smallest absolute Gasteiger partial charge is 0.409 e. The van der Waals surface area contributed by atoms with E-state index in [0.29, 0.717) is 26.1 Å². The largest absolute Gasteiger partial charge is 0.450 e. The highest BCUT2D eigenvalue weighted by Crippen LogP contribution is 2.19. The van der Waals surface area contributed by atoms with Gasteiger partial charge in [0.2, 0.25) is 5.24 Å². The summed E-state index contributed by atoms with van der Waals surface area (Å²) >= 11 is 5.31. The van der Waals surface area contributed by atoms with Gasteiger partial charge in [0, 0.05) is 13.1 Å². The van der Waals surface area contributed by atoms with E-state index in [9.17, 15) is 9.59 Å². The minimum absolute atomic E-state index is 0.217. The van der Waals surface area contributed by atoms with Crippen LogP contribution in [0.1, 0.15) is 13.3 Å². The Morgan fingerprint density at radius 2 is 2.31 bits per heavy atom. The van der Waals surface area contributed by atoms with E-state index in [1.807, 2.05) is 0 Å². The molecule has 1 rings (SSSR count). The monoisotopic (exact) mass is 205 g/mol. The van der Waals surface area contributed by atoms with Gasteiger partial charge in [0.1, 0.15) is 0 Å². The number of nitrogens with zero attached hydrogens (tertiary/aromatic N) is 1. The number of hydrogen-bond donors (Lipinski definition) is 0. The Kier molecular flexibility index (Phi) is 3.54. The number of carbonyl (C=O) groups is 2. The van der Waals surface area contributed by atoms with E-state index in [1.165, 1.54) is 4.90 Å². The predicted octanol–water partition coefficient (Wildman–Crippen LogP) is 1.23. The molecule has 1 unspecified atom stereocenters. The van der Waals surface area contributed by atoms with Crippen LogP contribution < -0.4 is 0 Å². The summed E-state index contributed by atoms with van der Waals surface area (Å²) in [5.74, 6) is -0.217. The summed E-state index contributed by atoms with van der Waals surface area (Å²) in [6, 6.07) is 0. The zero-order chi connectivity index (χ0) is 9.84. The van der Waals surface area contributed by atoms with Gasteiger partial charge in [0.25, 0.3) is 0 Å². The molecule has 1 saturated heterocycles. The summed E-state index contributed by atoms with van der Waals surface area (Å²) in [4.78, 5) is 23.4. The van der Waals surface area contributed by atoms with Crippen molar-refractivity contribution in [3.63, 3.8) is 0 Å². The lowest BCUT2D eigenvalue weighted by atomic mass is 10.1. The first-order valence-electron chi connectivity index (χ1n) is 4.26. The van der Waals surface area contributed by atoms with Crippen LogP contribution in [0.25, 0.3) is 0 Å². The predicted molar refractivity (Wildman–Crippen MR) is 47.6 cm³/mol. The van der Waals surface area contributed by atoms with Crippen molar-refractivity contribution in [3.8, 4) is 0 Å². The molecule has 0 aliphatic carbocycles. The minimum Gasteiger partial charge on any atom is -0.450 e. The Labute approximate surface area is 81.8 Å². The highest BCUT2D eigenvalue weighted by molar-refractivity contribution is 6.64. The molecule has 0 N–H and O–H groups in total. The number of halogens is 1. The maximum atomic E-state index is 11.2. The quantitative estimate of drug-likeness (QED) is 0.637. The number of likely N-dealkylation sites (tertiary alicyclic amines) is 1. The van der Waals surface area contributed by atoms with Crippen molar-refractivity contribution in [1.29, 1.82) is 0 Å². The molecule has 0 spiro atoms. The van der Waals surface area contributed by atoms with Crippen LogP contribution in [-0.2, 0) is 9.53 Å². The lowest BCUT2D eigenvalue weighted by Gasteiger charge is -2.14. The number of carbonyl (C=O) groups excluding carboxylic acids is 2. The maximum Gasteiger partial charge on any atom is 0.409 e. The normalized spacial score (nSPS) is 21.7. The van der Waals surface area contributed by atoms with E-state index in [1.54, 1.807) is 6.92 Å². The number of amides is 1. The molecule has 0 aromatic heterocycles. The molecule has 5 heteroatoms. The third kappa shape index (κ3) is 2.59. The van der Waals surface area contributed by atoms with Crippen LogP contribution in [0.5, 0.6) is 0 Å². The molecule has 1 atom stereocenters. The van der Waals surface area contributed by atoms with Crippen LogP contribution in [0.2, 0.25) is 0 Å². The van der Waals surface area contributed by atoms with Crippen molar-refractivity contribution >= 4 is 22.9 Å². The Hall–Kier alpha value is -0.770. The third-order valence-electron chi connectivity index (χ3n) is 2.04. The second-order valence-corrected chi connectivity index (χ2v) is 3.31. The van der Waals surface area contributed by atoms with Gasteiger partial charge in [-0.25, -0.2) is 4.79 Å². The fourth-order valence-corrected chi connectivity index (χ4v) is 1.50. The second-order valence-electron chi connectivity index (χ2n) is 2.93. The third-order valence-corrected chi connectivity index (χ3v) is 2.34. The van der Waals surface area contributed by atoms with Gasteiger partial charge in [0.05, 0.1) is 12.5 Å². The first kappa shape index (κ1) is 10.3. The Bertz CT molecular complexity index is 219. The van der Waals surface area contributed by atoms with Crippen molar-refractivity contribution < 1.29 is 14.3 Å². The lowest BCUT2D eigenvalue weighted by molar-refractivity contribution is -0.114. The highest BCUT2D eigenvalue weighted by Gasteiger charge is 2.30. The molecule has 1 aliphatic rings. The Morgan fingerprint density at radius 1 is 1.62 bits per heavy atom. The summed E-state index contributed by atoms with van der Waals surface area (Å²) < 4.78 is 4.79. The van der Waals surface area contributed by atoms with Crippen molar-refractivity contribution in [3.05, 3.63) is 0 Å². The van der Waals surface area contributed by atoms with Crippen LogP contribution in [0.3, 0.4) is 0 Å². The van der Waals surface area contributed by atoms with Crippen molar-refractivity contribution in [2.75, 3.05) is 19.7 Å². The van der Waals surface area contributed by atoms with Crippen LogP contribution in [-0.4, -0.2) is 35.9 Å². The maximum absolute atomic E-state index is 11.2. The molecule has 1 fully saturated rings. The van der Waals surface area contributed by atoms with E-state index >= 15 is 0 Å². The molecule has 0 aromatic rings. The van der Waals surface area contributed by atoms with Gasteiger partial charge in [-0.05, 0) is 24.9 Å². The standard InChI is InChI=1S/C8H12ClNO3/c1-2-13-8(12)10-4-3-6(5-10)7(9)11/h6H,2-5H2,1H3. The summed E-state index contributed by atoms with van der Waals surface area (Å²) in [6.45, 7) is 3.05. The summed E-state index contributed by atoms with van der Waals surface area (Å²) in [5, 5.41) is -0.369. The van der Waals surface area contributed by atoms with E-state index in [-0.39, 0.29) is 17.3 Å². The molecule has 1 aliphatic heterocycles. The molecule has 13 heavy (non-hydrogen) atoms. The highest BCUT2D eigenvalue weighted by atomic mass is 35.5. The van der Waals surface area contributed by atoms with Gasteiger partial charge in [-0.3, -0.25) is 4.79 Å². The summed E-state index contributed by atoms with van der Waals surface area (Å²) in [6.07, 6.45) is 0.282. The van der Waals surface area contributed by atoms with Crippen LogP contribution in [0.4, 0.5) is 4.79 Å². The van der Waals surface area contributed by atoms with E-state index in [0.717, 1.165) is 0 Å². The molecule has 1 heterocycles. The summed E-state index contributed by atoms with van der Waals surface area (Å²) in [7, 11) is 0. The molecule has 0 radical (unpaired) electrons. The molecular weight excluding hydrogens is 194 g/mol. The van der Waals surface area contributed by atoms with E-state index in [2.05, 4.69) is 0 Å². The van der Waals surface area contributed by atoms with Crippen LogP contribution in [0, 0.1) is 5.92 Å². The zero-order valence-electron chi connectivity index (χ0n) is 7.46. The first-order chi connectivity index (χ1) is 6.15. The van der Waals surface area contributed by atoms with Crippen molar-refractivity contribution in [2.45, 2.75) is 13.3 Å². The van der Waals surface area contributed by atoms with Gasteiger partial charge in [-0.15, -0.1) is 0 Å². The van der Waals surface area contributed by atoms with Gasteiger partial charge in [-0.1, -0.05) is 0 Å². The van der Waals surface area contributed by atoms with Gasteiger partial charge in [0.15, 0.2) is 0 Å². The molecule has 0 bridgehead atoms. The molecule has 0 saturated carbocycles. The molecular formula is C8H12ClNO3. The minimum atomic E-state index is -0.369. The number of ether oxygens (including phenoxy) is 1. The lowest BCUT2D eigenvalue weighted by Crippen LogP contribution is -2.29. The SMILES string of the molecule is CCOC(=O)N1CCC(C(=O)Cl)C1. The molecule has 0 aromatic carbocycles. The van der Waals surface area contributed by atoms with E-state index < -0.39 is 0 Å². The van der Waals surface area contributed by atoms with Crippen molar-refractivity contribution in [1.82, 2.24) is 4.90 Å². The Balaban J connectivity index is 2.40. The van der Waals surface area contributed by atoms with Crippen molar-refractivity contribution in [2.24, 2.45) is 5.92 Å². The molecule has 1 amide bonds. The molecule has 4 nitrogen and oxygen atoms in total.